The molecule has 1 amide bonds. The molecule has 0 saturated carbocycles. The first-order valence-electron chi connectivity index (χ1n) is 8.50. The van der Waals surface area contributed by atoms with Gasteiger partial charge in [0.05, 0.1) is 12.8 Å². The molecule has 6 nitrogen and oxygen atoms in total. The summed E-state index contributed by atoms with van der Waals surface area (Å²) in [7, 11) is 1.60. The van der Waals surface area contributed by atoms with Gasteiger partial charge in [-0.1, -0.05) is 12.1 Å². The third kappa shape index (κ3) is 5.00. The zero-order valence-electron chi connectivity index (χ0n) is 15.1. The summed E-state index contributed by atoms with van der Waals surface area (Å²) in [6.45, 7) is 0.421. The lowest BCUT2D eigenvalue weighted by Gasteiger charge is -2.09. The van der Waals surface area contributed by atoms with Crippen molar-refractivity contribution in [1.82, 2.24) is 15.3 Å². The number of nitrogens with one attached hydrogen (secondary N) is 2. The van der Waals surface area contributed by atoms with Crippen LogP contribution in [0, 0.1) is 11.6 Å². The van der Waals surface area contributed by atoms with Gasteiger partial charge in [0.2, 0.25) is 0 Å². The van der Waals surface area contributed by atoms with Crippen LogP contribution in [0.25, 0.3) is 0 Å². The van der Waals surface area contributed by atoms with Crippen LogP contribution in [0.3, 0.4) is 0 Å². The van der Waals surface area contributed by atoms with Crippen LogP contribution in [0.4, 0.5) is 20.3 Å². The van der Waals surface area contributed by atoms with Gasteiger partial charge in [0, 0.05) is 18.7 Å². The predicted molar refractivity (Wildman–Crippen MR) is 101 cm³/mol. The van der Waals surface area contributed by atoms with Crippen molar-refractivity contribution in [3.63, 3.8) is 0 Å². The molecule has 2 aromatic carbocycles. The van der Waals surface area contributed by atoms with E-state index in [1.807, 2.05) is 24.3 Å². The summed E-state index contributed by atoms with van der Waals surface area (Å²) in [5, 5.41) is 5.48. The van der Waals surface area contributed by atoms with Crippen molar-refractivity contribution < 1.29 is 18.3 Å². The fourth-order valence-electron chi connectivity index (χ4n) is 2.48. The highest BCUT2D eigenvalue weighted by atomic mass is 19.1. The molecule has 0 aliphatic carbocycles. The van der Waals surface area contributed by atoms with Crippen molar-refractivity contribution >= 4 is 17.4 Å². The lowest BCUT2D eigenvalue weighted by Crippen LogP contribution is -2.26. The number of rotatable bonds is 7. The Bertz CT molecular complexity index is 965. The van der Waals surface area contributed by atoms with Crippen LogP contribution in [0.2, 0.25) is 0 Å². The van der Waals surface area contributed by atoms with E-state index in [4.69, 9.17) is 4.74 Å². The van der Waals surface area contributed by atoms with Gasteiger partial charge in [-0.05, 0) is 36.2 Å². The van der Waals surface area contributed by atoms with E-state index in [0.29, 0.717) is 13.0 Å². The van der Waals surface area contributed by atoms with Crippen molar-refractivity contribution in [2.24, 2.45) is 0 Å². The van der Waals surface area contributed by atoms with Crippen molar-refractivity contribution in [3.8, 4) is 5.75 Å². The quantitative estimate of drug-likeness (QED) is 0.652. The Morgan fingerprint density at radius 1 is 1.07 bits per heavy atom. The summed E-state index contributed by atoms with van der Waals surface area (Å²) in [5.74, 6) is -0.822. The van der Waals surface area contributed by atoms with Crippen LogP contribution >= 0.6 is 0 Å². The molecule has 8 heteroatoms. The molecule has 144 valence electrons. The van der Waals surface area contributed by atoms with E-state index in [1.165, 1.54) is 18.5 Å². The SMILES string of the molecule is COc1ccc(CCNC(=O)c2cc(Nc3ccc(F)cc3F)ncn2)cc1. The lowest BCUT2D eigenvalue weighted by molar-refractivity contribution is 0.0949. The number of ether oxygens (including phenoxy) is 1. The molecule has 0 spiro atoms. The van der Waals surface area contributed by atoms with Crippen LogP contribution in [0.5, 0.6) is 5.75 Å². The first-order valence-corrected chi connectivity index (χ1v) is 8.50. The summed E-state index contributed by atoms with van der Waals surface area (Å²) in [6, 6.07) is 12.1. The van der Waals surface area contributed by atoms with Gasteiger partial charge in [0.1, 0.15) is 35.2 Å². The van der Waals surface area contributed by atoms with E-state index in [0.717, 1.165) is 23.4 Å². The molecule has 0 unspecified atom stereocenters. The second-order valence-electron chi connectivity index (χ2n) is 5.89. The van der Waals surface area contributed by atoms with Crippen LogP contribution in [-0.4, -0.2) is 29.5 Å². The highest BCUT2D eigenvalue weighted by Gasteiger charge is 2.10. The van der Waals surface area contributed by atoms with E-state index in [-0.39, 0.29) is 23.1 Å². The van der Waals surface area contributed by atoms with E-state index in [9.17, 15) is 13.6 Å². The fraction of sp³-hybridized carbons (Fsp3) is 0.150. The van der Waals surface area contributed by atoms with Crippen LogP contribution in [0.1, 0.15) is 16.1 Å². The predicted octanol–water partition coefficient (Wildman–Crippen LogP) is 3.48. The number of methoxy groups -OCH3 is 1. The Balaban J connectivity index is 1.58. The molecule has 0 aliphatic heterocycles. The zero-order chi connectivity index (χ0) is 19.9. The summed E-state index contributed by atoms with van der Waals surface area (Å²) in [5.41, 5.74) is 1.23. The first kappa shape index (κ1) is 19.2. The third-order valence-corrected chi connectivity index (χ3v) is 3.95. The molecule has 0 bridgehead atoms. The van der Waals surface area contributed by atoms with E-state index in [2.05, 4.69) is 20.6 Å². The van der Waals surface area contributed by atoms with Crippen molar-refractivity contribution in [3.05, 3.63) is 77.8 Å². The molecule has 0 radical (unpaired) electrons. The van der Waals surface area contributed by atoms with Gasteiger partial charge in [0.25, 0.3) is 5.91 Å². The average molecular weight is 384 g/mol. The van der Waals surface area contributed by atoms with Gasteiger partial charge < -0.3 is 15.4 Å². The summed E-state index contributed by atoms with van der Waals surface area (Å²) in [4.78, 5) is 20.2. The number of halogens is 2. The topological polar surface area (TPSA) is 76.1 Å². The standard InChI is InChI=1S/C20H18F2N4O2/c1-28-15-5-2-13(3-6-15)8-9-23-20(27)18-11-19(25-12-24-18)26-17-7-4-14(21)10-16(17)22/h2-7,10-12H,8-9H2,1H3,(H,23,27)(H,24,25,26). The minimum Gasteiger partial charge on any atom is -0.497 e. The highest BCUT2D eigenvalue weighted by Crippen LogP contribution is 2.19. The smallest absolute Gasteiger partial charge is 0.270 e. The third-order valence-electron chi connectivity index (χ3n) is 3.95. The van der Waals surface area contributed by atoms with Crippen molar-refractivity contribution in [1.29, 1.82) is 0 Å². The number of nitrogens with zero attached hydrogens (tertiary/aromatic N) is 2. The van der Waals surface area contributed by atoms with Gasteiger partial charge in [0.15, 0.2) is 0 Å². The second kappa shape index (κ2) is 8.90. The van der Waals surface area contributed by atoms with E-state index < -0.39 is 11.6 Å². The molecule has 0 atom stereocenters. The molecule has 1 heterocycles. The number of carbonyl (C=O) groups is 1. The number of hydrogen-bond acceptors (Lipinski definition) is 5. The molecule has 0 fully saturated rings. The van der Waals surface area contributed by atoms with Gasteiger partial charge in [-0.2, -0.15) is 0 Å². The Morgan fingerprint density at radius 2 is 1.86 bits per heavy atom. The van der Waals surface area contributed by atoms with E-state index in [1.54, 1.807) is 7.11 Å². The molecule has 28 heavy (non-hydrogen) atoms. The van der Waals surface area contributed by atoms with E-state index >= 15 is 0 Å². The average Bonchev–Trinajstić information content (AvgIpc) is 2.71. The normalized spacial score (nSPS) is 10.4. The largest absolute Gasteiger partial charge is 0.497 e. The van der Waals surface area contributed by atoms with Crippen LogP contribution in [-0.2, 0) is 6.42 Å². The lowest BCUT2D eigenvalue weighted by atomic mass is 10.1. The number of anilines is 2. The number of aromatic nitrogens is 2. The van der Waals surface area contributed by atoms with Gasteiger partial charge in [-0.25, -0.2) is 18.7 Å². The Hall–Kier alpha value is -3.55. The maximum atomic E-state index is 13.7. The molecule has 0 aliphatic rings. The van der Waals surface area contributed by atoms with Crippen LogP contribution < -0.4 is 15.4 Å². The molecule has 2 N–H and O–H groups in total. The summed E-state index contributed by atoms with van der Waals surface area (Å²) in [6.07, 6.45) is 1.84. The van der Waals surface area contributed by atoms with Gasteiger partial charge in [-0.15, -0.1) is 0 Å². The van der Waals surface area contributed by atoms with Crippen molar-refractivity contribution in [2.75, 3.05) is 19.0 Å². The summed E-state index contributed by atoms with van der Waals surface area (Å²) < 4.78 is 31.8. The molecular formula is C20H18F2N4O2. The number of hydrogen-bond donors (Lipinski definition) is 2. The number of benzene rings is 2. The monoisotopic (exact) mass is 384 g/mol. The molecule has 3 rings (SSSR count). The van der Waals surface area contributed by atoms with Gasteiger partial charge >= 0.3 is 0 Å². The molecule has 3 aromatic rings. The zero-order valence-corrected chi connectivity index (χ0v) is 15.1. The maximum Gasteiger partial charge on any atom is 0.270 e. The Labute approximate surface area is 160 Å². The second-order valence-corrected chi connectivity index (χ2v) is 5.89. The minimum atomic E-state index is -0.760. The number of carbonyl (C=O) groups excluding carboxylic acids is 1. The number of amides is 1. The Morgan fingerprint density at radius 3 is 2.57 bits per heavy atom. The molecule has 0 saturated heterocycles. The minimum absolute atomic E-state index is 0.0472. The van der Waals surface area contributed by atoms with Gasteiger partial charge in [-0.3, -0.25) is 4.79 Å². The van der Waals surface area contributed by atoms with Crippen molar-refractivity contribution in [2.45, 2.75) is 6.42 Å². The first-order chi connectivity index (χ1) is 13.5. The summed E-state index contributed by atoms with van der Waals surface area (Å²) >= 11 is 0. The van der Waals surface area contributed by atoms with Crippen LogP contribution in [0.15, 0.2) is 54.9 Å². The molecule has 1 aromatic heterocycles. The molecular weight excluding hydrogens is 366 g/mol. The fourth-order valence-corrected chi connectivity index (χ4v) is 2.48. The Kier molecular flexibility index (Phi) is 6.11. The maximum absolute atomic E-state index is 13.7. The highest BCUT2D eigenvalue weighted by molar-refractivity contribution is 5.92.